The number of nitrogens with one attached hydrogen (secondary N) is 1. The number of piperazine rings is 1. The molecule has 0 bridgehead atoms. The Morgan fingerprint density at radius 3 is 2.53 bits per heavy atom. The number of fused-ring (bicyclic) bond motifs is 1. The molecular formula is C22H24F3N5O3S. The van der Waals surface area contributed by atoms with E-state index in [1.807, 2.05) is 25.1 Å². The molecule has 2 aromatic heterocycles. The van der Waals surface area contributed by atoms with Crippen molar-refractivity contribution in [3.63, 3.8) is 0 Å². The number of alkyl halides is 3. The van der Waals surface area contributed by atoms with Gasteiger partial charge in [-0.15, -0.1) is 13.2 Å². The molecule has 1 N–H and O–H groups in total. The number of nitrogens with zero attached hydrogens (tertiary/aromatic N) is 4. The highest BCUT2D eigenvalue weighted by atomic mass is 32.2. The van der Waals surface area contributed by atoms with Crippen molar-refractivity contribution in [2.45, 2.75) is 18.2 Å². The van der Waals surface area contributed by atoms with Crippen molar-refractivity contribution < 1.29 is 26.3 Å². The van der Waals surface area contributed by atoms with E-state index in [2.05, 4.69) is 24.9 Å². The van der Waals surface area contributed by atoms with Crippen LogP contribution in [0.1, 0.15) is 5.69 Å². The van der Waals surface area contributed by atoms with Gasteiger partial charge in [0.15, 0.2) is 0 Å². The van der Waals surface area contributed by atoms with Gasteiger partial charge in [0, 0.05) is 56.5 Å². The number of rotatable bonds is 7. The highest BCUT2D eigenvalue weighted by Gasteiger charge is 2.36. The topological polar surface area (TPSA) is 87.7 Å². The number of pyridine rings is 2. The number of benzene rings is 1. The van der Waals surface area contributed by atoms with Crippen LogP contribution in [0, 0.1) is 6.92 Å². The molecule has 8 nitrogen and oxygen atoms in total. The molecule has 0 atom stereocenters. The molecule has 1 saturated heterocycles. The zero-order chi connectivity index (χ0) is 24.3. The Balaban J connectivity index is 1.32. The first-order chi connectivity index (χ1) is 16.1. The summed E-state index contributed by atoms with van der Waals surface area (Å²) in [6.07, 6.45) is -3.26. The summed E-state index contributed by atoms with van der Waals surface area (Å²) in [5.41, 5.74) is 1.77. The summed E-state index contributed by atoms with van der Waals surface area (Å²) in [6, 6.07) is 10.5. The number of para-hydroxylation sites is 1. The van der Waals surface area contributed by atoms with Crippen molar-refractivity contribution in [3.05, 3.63) is 54.4 Å². The van der Waals surface area contributed by atoms with Gasteiger partial charge in [-0.05, 0) is 37.3 Å². The molecule has 4 rings (SSSR count). The molecule has 34 heavy (non-hydrogen) atoms. The van der Waals surface area contributed by atoms with Crippen molar-refractivity contribution in [2.24, 2.45) is 0 Å². The third-order valence-electron chi connectivity index (χ3n) is 5.57. The third kappa shape index (κ3) is 5.57. The Morgan fingerprint density at radius 2 is 1.79 bits per heavy atom. The molecule has 182 valence electrons. The summed E-state index contributed by atoms with van der Waals surface area (Å²) in [5.74, 6) is 0.0103. The Labute approximate surface area is 195 Å². The Hall–Kier alpha value is -2.96. The molecule has 0 unspecified atom stereocenters. The molecule has 0 saturated carbocycles. The van der Waals surface area contributed by atoms with Crippen molar-refractivity contribution >= 4 is 26.7 Å². The van der Waals surface area contributed by atoms with Gasteiger partial charge in [0.1, 0.15) is 16.5 Å². The first kappa shape index (κ1) is 24.2. The lowest BCUT2D eigenvalue weighted by Gasteiger charge is -2.34. The third-order valence-corrected chi connectivity index (χ3v) is 7.51. The van der Waals surface area contributed by atoms with Crippen LogP contribution in [-0.2, 0) is 10.0 Å². The Morgan fingerprint density at radius 1 is 1.06 bits per heavy atom. The van der Waals surface area contributed by atoms with E-state index in [-0.39, 0.29) is 13.1 Å². The van der Waals surface area contributed by atoms with Crippen molar-refractivity contribution in [1.82, 2.24) is 19.2 Å². The van der Waals surface area contributed by atoms with Crippen LogP contribution in [0.25, 0.3) is 10.9 Å². The van der Waals surface area contributed by atoms with E-state index in [0.717, 1.165) is 34.5 Å². The quantitative estimate of drug-likeness (QED) is 0.538. The van der Waals surface area contributed by atoms with Gasteiger partial charge in [0.25, 0.3) is 0 Å². The maximum atomic E-state index is 13.0. The van der Waals surface area contributed by atoms with Gasteiger partial charge in [-0.3, -0.25) is 9.88 Å². The SMILES string of the molecule is Cc1nccc2nc(NCCN3CCN(S(=O)(=O)c4ccccc4OC(F)(F)F)CC3)ccc12. The van der Waals surface area contributed by atoms with Crippen LogP contribution < -0.4 is 10.1 Å². The van der Waals surface area contributed by atoms with Crippen molar-refractivity contribution in [1.29, 1.82) is 0 Å². The highest BCUT2D eigenvalue weighted by Crippen LogP contribution is 2.31. The molecule has 1 fully saturated rings. The van der Waals surface area contributed by atoms with Crippen LogP contribution in [0.3, 0.4) is 0 Å². The minimum atomic E-state index is -4.98. The number of hydrogen-bond acceptors (Lipinski definition) is 7. The maximum Gasteiger partial charge on any atom is 0.573 e. The Kier molecular flexibility index (Phi) is 6.91. The fourth-order valence-corrected chi connectivity index (χ4v) is 5.38. The average molecular weight is 496 g/mol. The highest BCUT2D eigenvalue weighted by molar-refractivity contribution is 7.89. The molecule has 0 spiro atoms. The molecular weight excluding hydrogens is 471 g/mol. The summed E-state index contributed by atoms with van der Waals surface area (Å²) in [6.45, 7) is 4.46. The first-order valence-electron chi connectivity index (χ1n) is 10.7. The molecule has 3 heterocycles. The molecule has 0 amide bonds. The standard InChI is InChI=1S/C22H24F3N5O3S/c1-16-17-6-7-21(28-18(17)8-9-26-16)27-10-11-29-12-14-30(15-13-29)34(31,32)20-5-3-2-4-19(20)33-22(23,24)25/h2-9H,10-15H2,1H3,(H,27,28). The van der Waals surface area contributed by atoms with Crippen LogP contribution in [0.15, 0.2) is 53.6 Å². The fourth-order valence-electron chi connectivity index (χ4n) is 3.84. The number of halogens is 3. The van der Waals surface area contributed by atoms with E-state index in [9.17, 15) is 21.6 Å². The van der Waals surface area contributed by atoms with Crippen LogP contribution in [0.2, 0.25) is 0 Å². The van der Waals surface area contributed by atoms with E-state index in [0.29, 0.717) is 26.2 Å². The summed E-state index contributed by atoms with van der Waals surface area (Å²) in [5, 5.41) is 4.27. The summed E-state index contributed by atoms with van der Waals surface area (Å²) < 4.78 is 69.1. The smallest absolute Gasteiger partial charge is 0.404 e. The molecule has 3 aromatic rings. The number of hydrogen-bond donors (Lipinski definition) is 1. The van der Waals surface area contributed by atoms with E-state index < -0.39 is 27.0 Å². The van der Waals surface area contributed by atoms with Gasteiger partial charge in [0.2, 0.25) is 10.0 Å². The van der Waals surface area contributed by atoms with Gasteiger partial charge in [-0.25, -0.2) is 13.4 Å². The minimum absolute atomic E-state index is 0.170. The van der Waals surface area contributed by atoms with Crippen LogP contribution >= 0.6 is 0 Å². The van der Waals surface area contributed by atoms with E-state index in [4.69, 9.17) is 0 Å². The normalized spacial score (nSPS) is 16.0. The number of sulfonamides is 1. The lowest BCUT2D eigenvalue weighted by molar-refractivity contribution is -0.275. The maximum absolute atomic E-state index is 13.0. The molecule has 1 aliphatic rings. The fraction of sp³-hybridized carbons (Fsp3) is 0.364. The van der Waals surface area contributed by atoms with Crippen LogP contribution in [0.4, 0.5) is 19.0 Å². The van der Waals surface area contributed by atoms with Gasteiger partial charge >= 0.3 is 6.36 Å². The Bertz CT molecular complexity index is 1260. The number of ether oxygens (including phenoxy) is 1. The van der Waals surface area contributed by atoms with Gasteiger partial charge in [-0.2, -0.15) is 4.31 Å². The summed E-state index contributed by atoms with van der Waals surface area (Å²) in [7, 11) is -4.13. The summed E-state index contributed by atoms with van der Waals surface area (Å²) >= 11 is 0. The monoisotopic (exact) mass is 495 g/mol. The van der Waals surface area contributed by atoms with Gasteiger partial charge in [0.05, 0.1) is 5.52 Å². The van der Waals surface area contributed by atoms with Gasteiger partial charge < -0.3 is 10.1 Å². The molecule has 1 aliphatic heterocycles. The van der Waals surface area contributed by atoms with Gasteiger partial charge in [-0.1, -0.05) is 12.1 Å². The van der Waals surface area contributed by atoms with Crippen molar-refractivity contribution in [3.8, 4) is 5.75 Å². The van der Waals surface area contributed by atoms with Crippen LogP contribution in [0.5, 0.6) is 5.75 Å². The average Bonchev–Trinajstić information content (AvgIpc) is 2.79. The molecule has 1 aromatic carbocycles. The molecule has 0 aliphatic carbocycles. The first-order valence-corrected chi connectivity index (χ1v) is 12.1. The van der Waals surface area contributed by atoms with E-state index in [1.165, 1.54) is 16.4 Å². The predicted octanol–water partition coefficient (Wildman–Crippen LogP) is 3.26. The number of anilines is 1. The minimum Gasteiger partial charge on any atom is -0.404 e. The second kappa shape index (κ2) is 9.72. The molecule has 0 radical (unpaired) electrons. The molecule has 12 heteroatoms. The number of aromatic nitrogens is 2. The van der Waals surface area contributed by atoms with E-state index >= 15 is 0 Å². The zero-order valence-corrected chi connectivity index (χ0v) is 19.2. The second-order valence-corrected chi connectivity index (χ2v) is 9.73. The number of aryl methyl sites for hydroxylation is 1. The second-order valence-electron chi connectivity index (χ2n) is 7.83. The largest absolute Gasteiger partial charge is 0.573 e. The van der Waals surface area contributed by atoms with Crippen LogP contribution in [-0.4, -0.2) is 73.2 Å². The van der Waals surface area contributed by atoms with Crippen molar-refractivity contribution in [2.75, 3.05) is 44.6 Å². The summed E-state index contributed by atoms with van der Waals surface area (Å²) in [4.78, 5) is 10.4. The lowest BCUT2D eigenvalue weighted by Crippen LogP contribution is -2.49. The predicted molar refractivity (Wildman–Crippen MR) is 121 cm³/mol. The lowest BCUT2D eigenvalue weighted by atomic mass is 10.2. The van der Waals surface area contributed by atoms with E-state index in [1.54, 1.807) is 6.20 Å². The zero-order valence-electron chi connectivity index (χ0n) is 18.4.